The van der Waals surface area contributed by atoms with E-state index < -0.39 is 23.5 Å². The second kappa shape index (κ2) is 9.03. The maximum atomic E-state index is 13.6. The van der Waals surface area contributed by atoms with E-state index in [-0.39, 0.29) is 25.5 Å². The average molecular weight is 411 g/mol. The van der Waals surface area contributed by atoms with Crippen molar-refractivity contribution in [1.29, 1.82) is 0 Å². The lowest BCUT2D eigenvalue weighted by Gasteiger charge is -2.34. The SMILES string of the molecule is C=CCOC(=O)C1=C(C)N(Cc2ccc(F)c(F)c2)C(=O)C[C@@H]1c1ccc(C)cc1. The number of nitrogens with zero attached hydrogens (tertiary/aromatic N) is 1. The third-order valence-electron chi connectivity index (χ3n) is 5.18. The van der Waals surface area contributed by atoms with E-state index in [4.69, 9.17) is 4.74 Å². The Hall–Kier alpha value is -3.28. The Labute approximate surface area is 174 Å². The van der Waals surface area contributed by atoms with Gasteiger partial charge in [0.05, 0.1) is 12.1 Å². The van der Waals surface area contributed by atoms with Crippen LogP contribution in [0.15, 0.2) is 66.4 Å². The highest BCUT2D eigenvalue weighted by Crippen LogP contribution is 2.37. The van der Waals surface area contributed by atoms with E-state index in [2.05, 4.69) is 6.58 Å². The van der Waals surface area contributed by atoms with Crippen LogP contribution >= 0.6 is 0 Å². The molecule has 0 spiro atoms. The first kappa shape index (κ1) is 21.4. The van der Waals surface area contributed by atoms with Crippen molar-refractivity contribution in [3.05, 3.63) is 94.7 Å². The number of benzene rings is 2. The van der Waals surface area contributed by atoms with E-state index in [1.165, 1.54) is 17.0 Å². The van der Waals surface area contributed by atoms with Gasteiger partial charge in [-0.15, -0.1) is 0 Å². The van der Waals surface area contributed by atoms with Crippen LogP contribution in [0.5, 0.6) is 0 Å². The van der Waals surface area contributed by atoms with Crippen molar-refractivity contribution in [3.63, 3.8) is 0 Å². The zero-order chi connectivity index (χ0) is 21.8. The van der Waals surface area contributed by atoms with Gasteiger partial charge >= 0.3 is 5.97 Å². The van der Waals surface area contributed by atoms with Gasteiger partial charge in [-0.1, -0.05) is 48.6 Å². The van der Waals surface area contributed by atoms with Crippen LogP contribution in [0.2, 0.25) is 0 Å². The molecule has 0 bridgehead atoms. The molecule has 0 fully saturated rings. The maximum Gasteiger partial charge on any atom is 0.336 e. The molecule has 0 saturated carbocycles. The molecule has 6 heteroatoms. The first-order chi connectivity index (χ1) is 14.3. The Bertz CT molecular complexity index is 1010. The molecule has 4 nitrogen and oxygen atoms in total. The van der Waals surface area contributed by atoms with Crippen LogP contribution in [0, 0.1) is 18.6 Å². The summed E-state index contributed by atoms with van der Waals surface area (Å²) in [5.74, 6) is -3.12. The van der Waals surface area contributed by atoms with E-state index >= 15 is 0 Å². The third-order valence-corrected chi connectivity index (χ3v) is 5.18. The standard InChI is InChI=1S/C24H23F2NO3/c1-4-11-30-24(29)23-16(3)27(14-17-7-10-20(25)21(26)12-17)22(28)13-19(23)18-8-5-15(2)6-9-18/h4-10,12,19H,1,11,13-14H2,2-3H3/t19-/m1/s1. The van der Waals surface area contributed by atoms with Gasteiger partial charge in [-0.05, 0) is 37.1 Å². The summed E-state index contributed by atoms with van der Waals surface area (Å²) in [4.78, 5) is 27.2. The van der Waals surface area contributed by atoms with Crippen molar-refractivity contribution in [2.75, 3.05) is 6.61 Å². The van der Waals surface area contributed by atoms with Crippen molar-refractivity contribution >= 4 is 11.9 Å². The van der Waals surface area contributed by atoms with Crippen molar-refractivity contribution in [3.8, 4) is 0 Å². The molecule has 1 heterocycles. The summed E-state index contributed by atoms with van der Waals surface area (Å²) < 4.78 is 32.1. The second-order valence-corrected chi connectivity index (χ2v) is 7.28. The number of rotatable bonds is 6. The molecule has 3 rings (SSSR count). The number of allylic oxidation sites excluding steroid dienone is 1. The third kappa shape index (κ3) is 4.48. The predicted octanol–water partition coefficient (Wildman–Crippen LogP) is 4.79. The number of halogens is 2. The quantitative estimate of drug-likeness (QED) is 0.507. The minimum atomic E-state index is -0.985. The summed E-state index contributed by atoms with van der Waals surface area (Å²) >= 11 is 0. The maximum absolute atomic E-state index is 13.6. The normalized spacial score (nSPS) is 16.6. The number of carbonyl (C=O) groups excluding carboxylic acids is 2. The molecule has 1 amide bonds. The van der Waals surface area contributed by atoms with Gasteiger partial charge in [0.2, 0.25) is 5.91 Å². The lowest BCUT2D eigenvalue weighted by Crippen LogP contribution is -2.38. The van der Waals surface area contributed by atoms with Gasteiger partial charge in [0.1, 0.15) is 6.61 Å². The van der Waals surface area contributed by atoms with Crippen LogP contribution in [0.3, 0.4) is 0 Å². The number of hydrogen-bond donors (Lipinski definition) is 0. The van der Waals surface area contributed by atoms with E-state index in [1.807, 2.05) is 31.2 Å². The highest BCUT2D eigenvalue weighted by molar-refractivity contribution is 5.95. The first-order valence-electron chi connectivity index (χ1n) is 9.61. The number of carbonyl (C=O) groups is 2. The average Bonchev–Trinajstić information content (AvgIpc) is 2.72. The predicted molar refractivity (Wildman–Crippen MR) is 109 cm³/mol. The molecule has 30 heavy (non-hydrogen) atoms. The summed E-state index contributed by atoms with van der Waals surface area (Å²) in [7, 11) is 0. The molecule has 0 aliphatic carbocycles. The summed E-state index contributed by atoms with van der Waals surface area (Å²) in [5.41, 5.74) is 3.15. The molecule has 1 aliphatic heterocycles. The van der Waals surface area contributed by atoms with Crippen molar-refractivity contribution in [2.45, 2.75) is 32.7 Å². The summed E-state index contributed by atoms with van der Waals surface area (Å²) in [6.07, 6.45) is 1.55. The zero-order valence-corrected chi connectivity index (χ0v) is 17.0. The number of amides is 1. The number of esters is 1. The van der Waals surface area contributed by atoms with Crippen LogP contribution in [0.1, 0.15) is 36.0 Å². The Morgan fingerprint density at radius 2 is 1.87 bits per heavy atom. The van der Waals surface area contributed by atoms with Gasteiger partial charge in [-0.2, -0.15) is 0 Å². The Morgan fingerprint density at radius 1 is 1.17 bits per heavy atom. The molecule has 156 valence electrons. The van der Waals surface area contributed by atoms with Gasteiger partial charge in [-0.3, -0.25) is 4.79 Å². The molecular formula is C24H23F2NO3. The van der Waals surface area contributed by atoms with Crippen LogP contribution in [-0.4, -0.2) is 23.4 Å². The van der Waals surface area contributed by atoms with Gasteiger partial charge in [0, 0.05) is 18.0 Å². The van der Waals surface area contributed by atoms with Crippen LogP contribution in [-0.2, 0) is 20.9 Å². The Morgan fingerprint density at radius 3 is 2.50 bits per heavy atom. The fourth-order valence-corrected chi connectivity index (χ4v) is 3.58. The van der Waals surface area contributed by atoms with Crippen LogP contribution in [0.4, 0.5) is 8.78 Å². The van der Waals surface area contributed by atoms with Gasteiger partial charge in [0.15, 0.2) is 11.6 Å². The van der Waals surface area contributed by atoms with Gasteiger partial charge < -0.3 is 9.64 Å². The number of hydrogen-bond acceptors (Lipinski definition) is 3. The van der Waals surface area contributed by atoms with Crippen molar-refractivity contribution < 1.29 is 23.1 Å². The molecule has 0 unspecified atom stereocenters. The number of ether oxygens (including phenoxy) is 1. The molecule has 0 N–H and O–H groups in total. The molecule has 2 aromatic carbocycles. The van der Waals surface area contributed by atoms with Crippen molar-refractivity contribution in [1.82, 2.24) is 4.90 Å². The second-order valence-electron chi connectivity index (χ2n) is 7.28. The molecule has 0 aromatic heterocycles. The minimum Gasteiger partial charge on any atom is -0.458 e. The first-order valence-corrected chi connectivity index (χ1v) is 9.61. The molecule has 2 aromatic rings. The zero-order valence-electron chi connectivity index (χ0n) is 17.0. The molecule has 1 aliphatic rings. The van der Waals surface area contributed by atoms with Gasteiger partial charge in [0.25, 0.3) is 0 Å². The van der Waals surface area contributed by atoms with Crippen molar-refractivity contribution in [2.24, 2.45) is 0 Å². The monoisotopic (exact) mass is 411 g/mol. The van der Waals surface area contributed by atoms with E-state index in [1.54, 1.807) is 6.92 Å². The highest BCUT2D eigenvalue weighted by Gasteiger charge is 2.36. The van der Waals surface area contributed by atoms with E-state index in [9.17, 15) is 18.4 Å². The van der Waals surface area contributed by atoms with Crippen LogP contribution < -0.4 is 0 Å². The lowest BCUT2D eigenvalue weighted by molar-refractivity contribution is -0.139. The fourth-order valence-electron chi connectivity index (χ4n) is 3.58. The topological polar surface area (TPSA) is 46.6 Å². The highest BCUT2D eigenvalue weighted by atomic mass is 19.2. The van der Waals surface area contributed by atoms with Gasteiger partial charge in [-0.25, -0.2) is 13.6 Å². The molecule has 0 saturated heterocycles. The Balaban J connectivity index is 2.01. The lowest BCUT2D eigenvalue weighted by atomic mass is 9.83. The molecule has 1 atom stereocenters. The van der Waals surface area contributed by atoms with Crippen LogP contribution in [0.25, 0.3) is 0 Å². The van der Waals surface area contributed by atoms with E-state index in [0.717, 1.165) is 23.3 Å². The molecule has 0 radical (unpaired) electrons. The fraction of sp³-hybridized carbons (Fsp3) is 0.250. The summed E-state index contributed by atoms with van der Waals surface area (Å²) in [6, 6.07) is 11.1. The number of aryl methyl sites for hydroxylation is 1. The largest absolute Gasteiger partial charge is 0.458 e. The minimum absolute atomic E-state index is 0.0285. The summed E-state index contributed by atoms with van der Waals surface area (Å²) in [6.45, 7) is 7.26. The smallest absolute Gasteiger partial charge is 0.336 e. The Kier molecular flexibility index (Phi) is 6.45. The summed E-state index contributed by atoms with van der Waals surface area (Å²) in [5, 5.41) is 0. The molecular weight excluding hydrogens is 388 g/mol. The van der Waals surface area contributed by atoms with E-state index in [0.29, 0.717) is 16.8 Å².